The second-order valence-corrected chi connectivity index (χ2v) is 5.01. The molecule has 0 fully saturated rings. The highest BCUT2D eigenvalue weighted by atomic mass is 31.1. The van der Waals surface area contributed by atoms with Crippen LogP contribution in [0.5, 0.6) is 0 Å². The van der Waals surface area contributed by atoms with Gasteiger partial charge < -0.3 is 0 Å². The quantitative estimate of drug-likeness (QED) is 0.449. The summed E-state index contributed by atoms with van der Waals surface area (Å²) < 4.78 is 4.47. The average molecular weight is 132 g/mol. The summed E-state index contributed by atoms with van der Waals surface area (Å²) in [4.78, 5) is 0. The van der Waals surface area contributed by atoms with E-state index in [0.717, 1.165) is 0 Å². The summed E-state index contributed by atoms with van der Waals surface area (Å²) in [6.45, 7) is 10.7. The first-order chi connectivity index (χ1) is 3.42. The molecule has 48 valence electrons. The molecule has 0 aromatic heterocycles. The Morgan fingerprint density at radius 2 is 1.50 bits per heavy atom. The first-order valence-corrected chi connectivity index (χ1v) is 5.01. The molecular formula is C6H15NP+. The van der Waals surface area contributed by atoms with Crippen LogP contribution in [0.25, 0.3) is 0 Å². The molecule has 0 aromatic carbocycles. The van der Waals surface area contributed by atoms with Crippen LogP contribution < -0.4 is 0 Å². The van der Waals surface area contributed by atoms with Crippen LogP contribution in [0.1, 0.15) is 20.8 Å². The molecule has 0 amide bonds. The third-order valence-electron chi connectivity index (χ3n) is 0.500. The summed E-state index contributed by atoms with van der Waals surface area (Å²) in [6, 6.07) is 0. The molecule has 0 aromatic rings. The van der Waals surface area contributed by atoms with Crippen molar-refractivity contribution in [3.8, 4) is 0 Å². The van der Waals surface area contributed by atoms with Crippen molar-refractivity contribution in [2.45, 2.75) is 26.3 Å². The lowest BCUT2D eigenvalue weighted by Crippen LogP contribution is -2.07. The van der Waals surface area contributed by atoms with Gasteiger partial charge in [-0.1, -0.05) is 0 Å². The fourth-order valence-corrected chi connectivity index (χ4v) is 1.80. The molecule has 0 unspecified atom stereocenters. The van der Waals surface area contributed by atoms with Crippen LogP contribution in [-0.4, -0.2) is 18.9 Å². The Morgan fingerprint density at radius 3 is 1.50 bits per heavy atom. The molecule has 0 heterocycles. The molecule has 0 rings (SSSR count). The molecule has 0 aliphatic carbocycles. The average Bonchev–Trinajstić information content (AvgIpc) is 1.21. The van der Waals surface area contributed by atoms with E-state index in [1.54, 1.807) is 0 Å². The second kappa shape index (κ2) is 2.59. The largest absolute Gasteiger partial charge is 0.194 e. The van der Waals surface area contributed by atoms with Crippen molar-refractivity contribution in [3.63, 3.8) is 0 Å². The van der Waals surface area contributed by atoms with E-state index in [4.69, 9.17) is 0 Å². The summed E-state index contributed by atoms with van der Waals surface area (Å²) >= 11 is 0. The minimum atomic E-state index is -0.0635. The Labute approximate surface area is 53.0 Å². The lowest BCUT2D eigenvalue weighted by molar-refractivity contribution is 0.592. The predicted octanol–water partition coefficient (Wildman–Crippen LogP) is 2.71. The van der Waals surface area contributed by atoms with Crippen LogP contribution in [0, 0.1) is 0 Å². The van der Waals surface area contributed by atoms with Gasteiger partial charge in [0.05, 0.1) is 5.54 Å². The molecule has 0 atom stereocenters. The third kappa shape index (κ3) is 6.10. The number of hydrogen-bond donors (Lipinski definition) is 0. The van der Waals surface area contributed by atoms with Crippen molar-refractivity contribution >= 4 is 7.71 Å². The molecule has 0 radical (unpaired) electrons. The van der Waals surface area contributed by atoms with Gasteiger partial charge in [-0.05, 0) is 20.8 Å². The van der Waals surface area contributed by atoms with E-state index >= 15 is 0 Å². The molecule has 8 heavy (non-hydrogen) atoms. The van der Waals surface area contributed by atoms with E-state index in [-0.39, 0.29) is 13.3 Å². The predicted molar refractivity (Wildman–Crippen MR) is 40.9 cm³/mol. The van der Waals surface area contributed by atoms with Crippen LogP contribution >= 0.6 is 7.71 Å². The molecule has 1 nitrogen and oxygen atoms in total. The van der Waals surface area contributed by atoms with Crippen molar-refractivity contribution in [2.75, 3.05) is 13.3 Å². The maximum atomic E-state index is 4.47. The number of rotatable bonds is 0. The van der Waals surface area contributed by atoms with E-state index in [1.165, 1.54) is 0 Å². The SMILES string of the molecule is C[P+](C)=NC(C)(C)C. The van der Waals surface area contributed by atoms with E-state index in [2.05, 4.69) is 38.8 Å². The minimum Gasteiger partial charge on any atom is -0.105 e. The van der Waals surface area contributed by atoms with Gasteiger partial charge in [-0.15, -0.1) is 4.74 Å². The summed E-state index contributed by atoms with van der Waals surface area (Å²) in [6.07, 6.45) is 0. The van der Waals surface area contributed by atoms with E-state index in [1.807, 2.05) is 0 Å². The lowest BCUT2D eigenvalue weighted by Gasteiger charge is -2.04. The van der Waals surface area contributed by atoms with Gasteiger partial charge in [0.2, 0.25) is 0 Å². The second-order valence-electron chi connectivity index (χ2n) is 3.12. The van der Waals surface area contributed by atoms with Gasteiger partial charge in [-0.2, -0.15) is 0 Å². The van der Waals surface area contributed by atoms with Crippen LogP contribution in [0.3, 0.4) is 0 Å². The van der Waals surface area contributed by atoms with E-state index < -0.39 is 0 Å². The highest BCUT2D eigenvalue weighted by Gasteiger charge is 2.11. The normalized spacial score (nSPS) is 11.1. The van der Waals surface area contributed by atoms with Crippen LogP contribution in [0.15, 0.2) is 4.74 Å². The van der Waals surface area contributed by atoms with Crippen LogP contribution in [0.4, 0.5) is 0 Å². The Bertz CT molecular complexity index is 95.6. The molecule has 0 spiro atoms. The van der Waals surface area contributed by atoms with E-state index in [0.29, 0.717) is 0 Å². The molecule has 0 aliphatic heterocycles. The summed E-state index contributed by atoms with van der Waals surface area (Å²) in [5, 5.41) is 0. The van der Waals surface area contributed by atoms with Gasteiger partial charge in [-0.3, -0.25) is 0 Å². The fraction of sp³-hybridized carbons (Fsp3) is 1.00. The van der Waals surface area contributed by atoms with Crippen molar-refractivity contribution in [1.29, 1.82) is 0 Å². The van der Waals surface area contributed by atoms with Crippen molar-refractivity contribution in [2.24, 2.45) is 4.74 Å². The summed E-state index contributed by atoms with van der Waals surface area (Å²) in [5.74, 6) is 0. The first-order valence-electron chi connectivity index (χ1n) is 2.82. The van der Waals surface area contributed by atoms with Crippen LogP contribution in [-0.2, 0) is 0 Å². The standard InChI is InChI=1S/C6H15NP/c1-6(2,3)7-8(4)5/h1-5H3/q+1. The molecule has 0 N–H and O–H groups in total. The monoisotopic (exact) mass is 132 g/mol. The Hall–Kier alpha value is 0.100. The van der Waals surface area contributed by atoms with Crippen LogP contribution in [0.2, 0.25) is 0 Å². The molecule has 0 saturated carbocycles. The summed E-state index contributed by atoms with van der Waals surface area (Å²) in [5.41, 5.74) is 0.176. The molecule has 2 heteroatoms. The Balaban J connectivity index is 3.89. The van der Waals surface area contributed by atoms with Gasteiger partial charge in [0.1, 0.15) is 13.3 Å². The van der Waals surface area contributed by atoms with Crippen molar-refractivity contribution in [3.05, 3.63) is 0 Å². The maximum Gasteiger partial charge on any atom is 0.194 e. The number of hydrogen-bond acceptors (Lipinski definition) is 1. The zero-order valence-corrected chi connectivity index (χ0v) is 7.29. The zero-order chi connectivity index (χ0) is 6.78. The van der Waals surface area contributed by atoms with E-state index in [9.17, 15) is 0 Å². The molecule has 0 saturated heterocycles. The third-order valence-corrected chi connectivity index (χ3v) is 1.50. The smallest absolute Gasteiger partial charge is 0.105 e. The Morgan fingerprint density at radius 1 is 1.12 bits per heavy atom. The van der Waals surface area contributed by atoms with Gasteiger partial charge in [-0.25, -0.2) is 0 Å². The molecular weight excluding hydrogens is 117 g/mol. The maximum absolute atomic E-state index is 4.47. The molecule has 0 aliphatic rings. The Kier molecular flexibility index (Phi) is 2.62. The number of nitrogens with zero attached hydrogens (tertiary/aromatic N) is 1. The zero-order valence-electron chi connectivity index (χ0n) is 6.39. The van der Waals surface area contributed by atoms with Crippen molar-refractivity contribution in [1.82, 2.24) is 0 Å². The van der Waals surface area contributed by atoms with Gasteiger partial charge in [0.25, 0.3) is 0 Å². The topological polar surface area (TPSA) is 12.4 Å². The lowest BCUT2D eigenvalue weighted by atomic mass is 10.1. The van der Waals surface area contributed by atoms with Gasteiger partial charge in [0.15, 0.2) is 7.71 Å². The van der Waals surface area contributed by atoms with Crippen molar-refractivity contribution < 1.29 is 0 Å². The molecule has 0 bridgehead atoms. The van der Waals surface area contributed by atoms with Gasteiger partial charge in [0, 0.05) is 0 Å². The summed E-state index contributed by atoms with van der Waals surface area (Å²) in [7, 11) is -0.0635. The fourth-order valence-electron chi connectivity index (χ4n) is 0.600. The highest BCUT2D eigenvalue weighted by Crippen LogP contribution is 2.21. The minimum absolute atomic E-state index is 0.0635. The highest BCUT2D eigenvalue weighted by molar-refractivity contribution is 7.45. The first kappa shape index (κ1) is 8.10. The van der Waals surface area contributed by atoms with Gasteiger partial charge >= 0.3 is 0 Å².